The maximum absolute atomic E-state index is 12.2. The lowest BCUT2D eigenvalue weighted by molar-refractivity contribution is -0.154. The fourth-order valence-corrected chi connectivity index (χ4v) is 2.78. The van der Waals surface area contributed by atoms with Gasteiger partial charge in [-0.2, -0.15) is 13.2 Å². The molecule has 0 atom stereocenters. The maximum atomic E-state index is 12.2. The van der Waals surface area contributed by atoms with Gasteiger partial charge in [0.1, 0.15) is 16.3 Å². The van der Waals surface area contributed by atoms with Crippen LogP contribution < -0.4 is 14.8 Å². The van der Waals surface area contributed by atoms with Crippen LogP contribution in [0.1, 0.15) is 16.8 Å². The van der Waals surface area contributed by atoms with Gasteiger partial charge in [0.15, 0.2) is 6.61 Å². The second-order valence-electron chi connectivity index (χ2n) is 6.20. The third-order valence-electron chi connectivity index (χ3n) is 3.90. The van der Waals surface area contributed by atoms with E-state index in [4.69, 9.17) is 16.3 Å². The summed E-state index contributed by atoms with van der Waals surface area (Å²) in [6.45, 7) is -0.836. The Balaban J connectivity index is 1.46. The fraction of sp³-hybridized carbons (Fsp3) is 0.250. The van der Waals surface area contributed by atoms with Crippen molar-refractivity contribution in [1.29, 1.82) is 0 Å². The molecule has 6 nitrogen and oxygen atoms in total. The van der Waals surface area contributed by atoms with Gasteiger partial charge in [0.2, 0.25) is 5.88 Å². The van der Waals surface area contributed by atoms with E-state index >= 15 is 0 Å². The predicted molar refractivity (Wildman–Crippen MR) is 105 cm³/mol. The van der Waals surface area contributed by atoms with E-state index in [-0.39, 0.29) is 16.5 Å². The van der Waals surface area contributed by atoms with Crippen molar-refractivity contribution in [2.24, 2.45) is 0 Å². The number of alkyl halides is 3. The first-order valence-electron chi connectivity index (χ1n) is 8.93. The SMILES string of the molecule is O=C(NCCCOc1cccc2cccnc12)c1cnc(OCC(F)(F)F)c(Cl)c1. The molecule has 0 saturated carbocycles. The van der Waals surface area contributed by atoms with Crippen LogP contribution in [-0.4, -0.2) is 41.8 Å². The number of carbonyl (C=O) groups is 1. The minimum Gasteiger partial charge on any atom is -0.491 e. The molecule has 0 unspecified atom stereocenters. The number of hydrogen-bond acceptors (Lipinski definition) is 5. The molecule has 158 valence electrons. The second kappa shape index (κ2) is 9.62. The molecule has 0 aliphatic rings. The summed E-state index contributed by atoms with van der Waals surface area (Å²) >= 11 is 5.84. The van der Waals surface area contributed by atoms with Crippen molar-refractivity contribution in [3.63, 3.8) is 0 Å². The smallest absolute Gasteiger partial charge is 0.422 e. The Morgan fingerprint density at radius 2 is 1.93 bits per heavy atom. The molecule has 10 heteroatoms. The summed E-state index contributed by atoms with van der Waals surface area (Å²) in [6, 6.07) is 10.6. The van der Waals surface area contributed by atoms with E-state index in [2.05, 4.69) is 20.0 Å². The molecule has 3 aromatic rings. The summed E-state index contributed by atoms with van der Waals surface area (Å²) in [5.74, 6) is -0.189. The number of hydrogen-bond donors (Lipinski definition) is 1. The molecule has 0 bridgehead atoms. The topological polar surface area (TPSA) is 73.3 Å². The van der Waals surface area contributed by atoms with Crippen molar-refractivity contribution in [1.82, 2.24) is 15.3 Å². The molecule has 0 fully saturated rings. The lowest BCUT2D eigenvalue weighted by atomic mass is 10.2. The lowest BCUT2D eigenvalue weighted by Gasteiger charge is -2.11. The first-order chi connectivity index (χ1) is 14.3. The van der Waals surface area contributed by atoms with Crippen molar-refractivity contribution in [2.45, 2.75) is 12.6 Å². The van der Waals surface area contributed by atoms with Gasteiger partial charge in [-0.05, 0) is 24.6 Å². The quantitative estimate of drug-likeness (QED) is 0.526. The first-order valence-corrected chi connectivity index (χ1v) is 9.31. The Labute approximate surface area is 175 Å². The summed E-state index contributed by atoms with van der Waals surface area (Å²) < 4.78 is 46.8. The molecule has 1 aromatic carbocycles. The number of nitrogens with one attached hydrogen (secondary N) is 1. The number of pyridine rings is 2. The Morgan fingerprint density at radius 1 is 1.13 bits per heavy atom. The molecule has 2 heterocycles. The number of para-hydroxylation sites is 1. The van der Waals surface area contributed by atoms with Gasteiger partial charge >= 0.3 is 6.18 Å². The maximum Gasteiger partial charge on any atom is 0.422 e. The monoisotopic (exact) mass is 439 g/mol. The molecular weight excluding hydrogens is 423 g/mol. The highest BCUT2D eigenvalue weighted by molar-refractivity contribution is 6.32. The summed E-state index contributed by atoms with van der Waals surface area (Å²) in [5.41, 5.74) is 0.871. The van der Waals surface area contributed by atoms with Crippen molar-refractivity contribution >= 4 is 28.4 Å². The molecule has 2 aromatic heterocycles. The van der Waals surface area contributed by atoms with Crippen LogP contribution in [0.4, 0.5) is 13.2 Å². The van der Waals surface area contributed by atoms with Gasteiger partial charge in [0.25, 0.3) is 5.91 Å². The van der Waals surface area contributed by atoms with Crippen LogP contribution in [0.2, 0.25) is 5.02 Å². The van der Waals surface area contributed by atoms with Crippen LogP contribution in [0.25, 0.3) is 10.9 Å². The predicted octanol–water partition coefficient (Wildman–Crippen LogP) is 4.42. The third kappa shape index (κ3) is 5.96. The highest BCUT2D eigenvalue weighted by atomic mass is 35.5. The molecular formula is C20H17ClF3N3O3. The third-order valence-corrected chi connectivity index (χ3v) is 4.17. The van der Waals surface area contributed by atoms with E-state index in [1.165, 1.54) is 6.07 Å². The number of ether oxygens (including phenoxy) is 2. The van der Waals surface area contributed by atoms with E-state index in [9.17, 15) is 18.0 Å². The fourth-order valence-electron chi connectivity index (χ4n) is 2.56. The van der Waals surface area contributed by atoms with Crippen LogP contribution in [0.15, 0.2) is 48.8 Å². The molecule has 0 radical (unpaired) electrons. The van der Waals surface area contributed by atoms with Crippen molar-refractivity contribution in [3.05, 3.63) is 59.4 Å². The molecule has 30 heavy (non-hydrogen) atoms. The molecule has 1 amide bonds. The zero-order valence-corrected chi connectivity index (χ0v) is 16.3. The first kappa shape index (κ1) is 21.6. The number of carbonyl (C=O) groups excluding carboxylic acids is 1. The highest BCUT2D eigenvalue weighted by Gasteiger charge is 2.29. The normalized spacial score (nSPS) is 11.3. The van der Waals surface area contributed by atoms with Gasteiger partial charge < -0.3 is 14.8 Å². The average Bonchev–Trinajstić information content (AvgIpc) is 2.72. The number of aromatic nitrogens is 2. The Bertz CT molecular complexity index is 1030. The van der Waals surface area contributed by atoms with Gasteiger partial charge in [0, 0.05) is 24.3 Å². The van der Waals surface area contributed by atoms with Crippen molar-refractivity contribution in [2.75, 3.05) is 19.8 Å². The number of benzene rings is 1. The van der Waals surface area contributed by atoms with Crippen LogP contribution >= 0.6 is 11.6 Å². The largest absolute Gasteiger partial charge is 0.491 e. The highest BCUT2D eigenvalue weighted by Crippen LogP contribution is 2.25. The minimum absolute atomic E-state index is 0.110. The van der Waals surface area contributed by atoms with Crippen LogP contribution in [0.3, 0.4) is 0 Å². The van der Waals surface area contributed by atoms with Crippen molar-refractivity contribution in [3.8, 4) is 11.6 Å². The summed E-state index contributed by atoms with van der Waals surface area (Å²) in [6.07, 6.45) is -1.19. The van der Waals surface area contributed by atoms with Gasteiger partial charge in [-0.1, -0.05) is 29.8 Å². The number of halogens is 4. The average molecular weight is 440 g/mol. The van der Waals surface area contributed by atoms with E-state index in [0.717, 1.165) is 17.1 Å². The Hall–Kier alpha value is -3.07. The van der Waals surface area contributed by atoms with Crippen LogP contribution in [0, 0.1) is 0 Å². The lowest BCUT2D eigenvalue weighted by Crippen LogP contribution is -2.26. The number of rotatable bonds is 8. The van der Waals surface area contributed by atoms with E-state index in [1.54, 1.807) is 6.20 Å². The molecule has 0 spiro atoms. The van der Waals surface area contributed by atoms with E-state index in [0.29, 0.717) is 25.3 Å². The molecule has 0 aliphatic heterocycles. The molecule has 0 aliphatic carbocycles. The number of fused-ring (bicyclic) bond motifs is 1. The van der Waals surface area contributed by atoms with Gasteiger partial charge in [-0.3, -0.25) is 9.78 Å². The number of amides is 1. The Kier molecular flexibility index (Phi) is 6.94. The summed E-state index contributed by atoms with van der Waals surface area (Å²) in [5, 5.41) is 3.46. The van der Waals surface area contributed by atoms with E-state index < -0.39 is 18.7 Å². The van der Waals surface area contributed by atoms with Crippen molar-refractivity contribution < 1.29 is 27.4 Å². The van der Waals surface area contributed by atoms with Crippen LogP contribution in [0.5, 0.6) is 11.6 Å². The summed E-state index contributed by atoms with van der Waals surface area (Å²) in [4.78, 5) is 20.1. The van der Waals surface area contributed by atoms with Crippen LogP contribution in [-0.2, 0) is 0 Å². The summed E-state index contributed by atoms with van der Waals surface area (Å²) in [7, 11) is 0. The minimum atomic E-state index is -4.51. The Morgan fingerprint density at radius 3 is 2.70 bits per heavy atom. The zero-order valence-electron chi connectivity index (χ0n) is 15.6. The second-order valence-corrected chi connectivity index (χ2v) is 6.61. The van der Waals surface area contributed by atoms with E-state index in [1.807, 2.05) is 30.3 Å². The molecule has 3 rings (SSSR count). The van der Waals surface area contributed by atoms with Gasteiger partial charge in [-0.15, -0.1) is 0 Å². The zero-order chi connectivity index (χ0) is 21.6. The van der Waals surface area contributed by atoms with Gasteiger partial charge in [-0.25, -0.2) is 4.98 Å². The number of nitrogens with zero attached hydrogens (tertiary/aromatic N) is 2. The molecule has 1 N–H and O–H groups in total. The van der Waals surface area contributed by atoms with Gasteiger partial charge in [0.05, 0.1) is 12.2 Å². The molecule has 0 saturated heterocycles. The standard InChI is InChI=1S/C20H17ClF3N3O3/c21-15-10-14(11-27-19(15)30-12-20(22,23)24)18(28)26-8-3-9-29-16-6-1-4-13-5-2-7-25-17(13)16/h1-2,4-7,10-11H,3,8-9,12H2,(H,26,28).